The first-order valence-electron chi connectivity index (χ1n) is 6.06. The van der Waals surface area contributed by atoms with Crippen LogP contribution in [0.25, 0.3) is 0 Å². The van der Waals surface area contributed by atoms with Crippen LogP contribution in [-0.2, 0) is 0 Å². The molecule has 0 aliphatic carbocycles. The molecular formula is C13H19F3N2. The Kier molecular flexibility index (Phi) is 5.62. The molecule has 1 unspecified atom stereocenters. The van der Waals surface area contributed by atoms with Gasteiger partial charge in [0.1, 0.15) is 5.82 Å². The van der Waals surface area contributed by atoms with Crippen LogP contribution in [0.15, 0.2) is 12.1 Å². The standard InChI is InChI=1S/C13H19F3N2/c1-3-4-5-18(2)13(8-17)9-6-11(15)12(16)7-10(9)14/h6-7,13H,3-5,8,17H2,1-2H3. The minimum absolute atomic E-state index is 0.106. The van der Waals surface area contributed by atoms with Crippen molar-refractivity contribution in [3.63, 3.8) is 0 Å². The molecule has 2 nitrogen and oxygen atoms in total. The van der Waals surface area contributed by atoms with E-state index in [1.165, 1.54) is 0 Å². The van der Waals surface area contributed by atoms with Gasteiger partial charge in [0.15, 0.2) is 11.6 Å². The molecule has 1 atom stereocenters. The van der Waals surface area contributed by atoms with Crippen LogP contribution in [-0.4, -0.2) is 25.0 Å². The zero-order chi connectivity index (χ0) is 13.7. The molecule has 102 valence electrons. The molecule has 5 heteroatoms. The minimum atomic E-state index is -1.18. The fraction of sp³-hybridized carbons (Fsp3) is 0.538. The number of nitrogens with zero attached hydrogens (tertiary/aromatic N) is 1. The molecule has 0 aliphatic heterocycles. The number of likely N-dealkylation sites (N-methyl/N-ethyl adjacent to an activating group) is 1. The maximum absolute atomic E-state index is 13.7. The Morgan fingerprint density at radius 2 is 1.78 bits per heavy atom. The lowest BCUT2D eigenvalue weighted by Gasteiger charge is -2.27. The summed E-state index contributed by atoms with van der Waals surface area (Å²) in [6, 6.07) is 1.03. The maximum atomic E-state index is 13.7. The topological polar surface area (TPSA) is 29.3 Å². The summed E-state index contributed by atoms with van der Waals surface area (Å²) < 4.78 is 39.7. The van der Waals surface area contributed by atoms with E-state index in [0.29, 0.717) is 6.07 Å². The first-order chi connectivity index (χ1) is 8.51. The molecule has 0 spiro atoms. The summed E-state index contributed by atoms with van der Waals surface area (Å²) in [5.74, 6) is -2.98. The third-order valence-electron chi connectivity index (χ3n) is 3.02. The second-order valence-corrected chi connectivity index (χ2v) is 4.37. The van der Waals surface area contributed by atoms with Gasteiger partial charge in [-0.25, -0.2) is 13.2 Å². The Hall–Kier alpha value is -1.07. The normalized spacial score (nSPS) is 13.1. The quantitative estimate of drug-likeness (QED) is 0.797. The molecule has 0 heterocycles. The highest BCUT2D eigenvalue weighted by atomic mass is 19.2. The van der Waals surface area contributed by atoms with E-state index < -0.39 is 23.5 Å². The van der Waals surface area contributed by atoms with Gasteiger partial charge in [-0.2, -0.15) is 0 Å². The summed E-state index contributed by atoms with van der Waals surface area (Å²) in [5.41, 5.74) is 5.72. The Morgan fingerprint density at radius 1 is 1.17 bits per heavy atom. The molecule has 0 fully saturated rings. The SMILES string of the molecule is CCCCN(C)C(CN)c1cc(F)c(F)cc1F. The average molecular weight is 260 g/mol. The highest BCUT2D eigenvalue weighted by Gasteiger charge is 2.21. The molecule has 1 aromatic carbocycles. The summed E-state index contributed by atoms with van der Waals surface area (Å²) in [4.78, 5) is 1.86. The molecule has 0 aliphatic rings. The lowest BCUT2D eigenvalue weighted by Crippen LogP contribution is -2.32. The zero-order valence-corrected chi connectivity index (χ0v) is 10.7. The molecular weight excluding hydrogens is 241 g/mol. The van der Waals surface area contributed by atoms with Gasteiger partial charge in [0.2, 0.25) is 0 Å². The number of hydrogen-bond donors (Lipinski definition) is 1. The van der Waals surface area contributed by atoms with Gasteiger partial charge in [0.05, 0.1) is 0 Å². The fourth-order valence-electron chi connectivity index (χ4n) is 1.90. The third kappa shape index (κ3) is 3.46. The number of hydrogen-bond acceptors (Lipinski definition) is 2. The number of unbranched alkanes of at least 4 members (excludes halogenated alkanes) is 1. The lowest BCUT2D eigenvalue weighted by atomic mass is 10.0. The molecule has 0 saturated heterocycles. The van der Waals surface area contributed by atoms with E-state index in [9.17, 15) is 13.2 Å². The minimum Gasteiger partial charge on any atom is -0.329 e. The van der Waals surface area contributed by atoms with E-state index >= 15 is 0 Å². The van der Waals surface area contributed by atoms with Gasteiger partial charge in [0, 0.05) is 24.2 Å². The molecule has 0 radical (unpaired) electrons. The Bertz CT molecular complexity index is 396. The van der Waals surface area contributed by atoms with Crippen LogP contribution in [0.1, 0.15) is 31.4 Å². The highest BCUT2D eigenvalue weighted by molar-refractivity contribution is 5.23. The van der Waals surface area contributed by atoms with Crippen LogP contribution < -0.4 is 5.73 Å². The number of nitrogens with two attached hydrogens (primary N) is 1. The second-order valence-electron chi connectivity index (χ2n) is 4.37. The van der Waals surface area contributed by atoms with E-state index in [4.69, 9.17) is 5.73 Å². The van der Waals surface area contributed by atoms with Crippen LogP contribution in [0.3, 0.4) is 0 Å². The first-order valence-corrected chi connectivity index (χ1v) is 6.06. The number of rotatable bonds is 6. The van der Waals surface area contributed by atoms with Crippen molar-refractivity contribution in [3.8, 4) is 0 Å². The van der Waals surface area contributed by atoms with Gasteiger partial charge in [-0.15, -0.1) is 0 Å². The molecule has 0 aromatic heterocycles. The summed E-state index contributed by atoms with van der Waals surface area (Å²) in [5, 5.41) is 0. The predicted molar refractivity (Wildman–Crippen MR) is 65.6 cm³/mol. The van der Waals surface area contributed by atoms with Crippen molar-refractivity contribution in [3.05, 3.63) is 35.1 Å². The maximum Gasteiger partial charge on any atom is 0.161 e. The summed E-state index contributed by atoms with van der Waals surface area (Å²) in [7, 11) is 1.80. The van der Waals surface area contributed by atoms with Gasteiger partial charge in [-0.1, -0.05) is 13.3 Å². The molecule has 2 N–H and O–H groups in total. The van der Waals surface area contributed by atoms with Crippen molar-refractivity contribution in [1.29, 1.82) is 0 Å². The summed E-state index contributed by atoms with van der Waals surface area (Å²) >= 11 is 0. The van der Waals surface area contributed by atoms with Crippen LogP contribution in [0.2, 0.25) is 0 Å². The van der Waals surface area contributed by atoms with Gasteiger partial charge in [0.25, 0.3) is 0 Å². The highest BCUT2D eigenvalue weighted by Crippen LogP contribution is 2.24. The molecule has 0 bridgehead atoms. The average Bonchev–Trinajstić information content (AvgIpc) is 2.33. The summed E-state index contributed by atoms with van der Waals surface area (Å²) in [6.07, 6.45) is 1.94. The van der Waals surface area contributed by atoms with Crippen molar-refractivity contribution in [2.75, 3.05) is 20.1 Å². The van der Waals surface area contributed by atoms with Crippen LogP contribution in [0.4, 0.5) is 13.2 Å². The van der Waals surface area contributed by atoms with Crippen LogP contribution >= 0.6 is 0 Å². The Labute approximate surface area is 106 Å². The van der Waals surface area contributed by atoms with Crippen molar-refractivity contribution < 1.29 is 13.2 Å². The van der Waals surface area contributed by atoms with Crippen molar-refractivity contribution >= 4 is 0 Å². The molecule has 18 heavy (non-hydrogen) atoms. The lowest BCUT2D eigenvalue weighted by molar-refractivity contribution is 0.240. The smallest absolute Gasteiger partial charge is 0.161 e. The molecule has 0 saturated carbocycles. The van der Waals surface area contributed by atoms with Gasteiger partial charge < -0.3 is 5.73 Å². The van der Waals surface area contributed by atoms with E-state index in [1.54, 1.807) is 7.05 Å². The number of halogens is 3. The van der Waals surface area contributed by atoms with Gasteiger partial charge in [-0.05, 0) is 26.1 Å². The first kappa shape index (κ1) is 15.0. The largest absolute Gasteiger partial charge is 0.329 e. The predicted octanol–water partition coefficient (Wildman–Crippen LogP) is 2.84. The molecule has 1 aromatic rings. The van der Waals surface area contributed by atoms with Crippen LogP contribution in [0, 0.1) is 17.5 Å². The van der Waals surface area contributed by atoms with E-state index in [0.717, 1.165) is 25.5 Å². The molecule has 0 amide bonds. The summed E-state index contributed by atoms with van der Waals surface area (Å²) in [6.45, 7) is 2.93. The molecule has 1 rings (SSSR count). The van der Waals surface area contributed by atoms with Crippen LogP contribution in [0.5, 0.6) is 0 Å². The third-order valence-corrected chi connectivity index (χ3v) is 3.02. The Balaban J connectivity index is 2.97. The van der Waals surface area contributed by atoms with Gasteiger partial charge >= 0.3 is 0 Å². The fourth-order valence-corrected chi connectivity index (χ4v) is 1.90. The zero-order valence-electron chi connectivity index (χ0n) is 10.7. The van der Waals surface area contributed by atoms with Gasteiger partial charge in [-0.3, -0.25) is 4.90 Å². The van der Waals surface area contributed by atoms with Crippen molar-refractivity contribution in [1.82, 2.24) is 4.90 Å². The van der Waals surface area contributed by atoms with Crippen molar-refractivity contribution in [2.24, 2.45) is 5.73 Å². The van der Waals surface area contributed by atoms with E-state index in [2.05, 4.69) is 0 Å². The number of benzene rings is 1. The monoisotopic (exact) mass is 260 g/mol. The Morgan fingerprint density at radius 3 is 2.33 bits per heavy atom. The second kappa shape index (κ2) is 6.75. The van der Waals surface area contributed by atoms with E-state index in [-0.39, 0.29) is 12.1 Å². The van der Waals surface area contributed by atoms with Crippen molar-refractivity contribution in [2.45, 2.75) is 25.8 Å². The van der Waals surface area contributed by atoms with E-state index in [1.807, 2.05) is 11.8 Å².